The molecule has 7 nitrogen and oxygen atoms in total. The fourth-order valence-corrected chi connectivity index (χ4v) is 5.59. The third kappa shape index (κ3) is 4.87. The number of carbonyl (C=O) groups excluding carboxylic acids is 1. The van der Waals surface area contributed by atoms with Gasteiger partial charge in [0.1, 0.15) is 0 Å². The molecule has 0 saturated carbocycles. The second-order valence-electron chi connectivity index (χ2n) is 8.12. The number of hydrogen-bond acceptors (Lipinski definition) is 5. The number of nitrogens with one attached hydrogen (secondary N) is 1. The van der Waals surface area contributed by atoms with Gasteiger partial charge in [-0.2, -0.15) is 5.10 Å². The molecule has 29 heavy (non-hydrogen) atoms. The van der Waals surface area contributed by atoms with Crippen molar-refractivity contribution in [3.05, 3.63) is 46.3 Å². The minimum absolute atomic E-state index is 0.0641. The number of aromatic nitrogens is 2. The number of amides is 1. The van der Waals surface area contributed by atoms with E-state index in [1.54, 1.807) is 0 Å². The molecule has 0 aliphatic carbocycles. The maximum atomic E-state index is 12.5. The number of aryl methyl sites for hydroxylation is 2. The zero-order valence-electron chi connectivity index (χ0n) is 17.8. The van der Waals surface area contributed by atoms with E-state index in [4.69, 9.17) is 0 Å². The molecular formula is C21H30N4O3S. The molecule has 2 heterocycles. The Hall–Kier alpha value is -2.19. The van der Waals surface area contributed by atoms with E-state index >= 15 is 0 Å². The average Bonchev–Trinajstić information content (AvgIpc) is 3.12. The highest BCUT2D eigenvalue weighted by Gasteiger charge is 2.31. The van der Waals surface area contributed by atoms with Gasteiger partial charge in [-0.15, -0.1) is 0 Å². The fraction of sp³-hybridized carbons (Fsp3) is 0.524. The molecule has 1 amide bonds. The summed E-state index contributed by atoms with van der Waals surface area (Å²) in [4.78, 5) is 14.4. The highest BCUT2D eigenvalue weighted by Crippen LogP contribution is 2.27. The van der Waals surface area contributed by atoms with E-state index < -0.39 is 9.84 Å². The molecule has 1 aromatic carbocycles. The molecule has 1 aliphatic rings. The largest absolute Gasteiger partial charge is 0.325 e. The Kier molecular flexibility index (Phi) is 6.14. The highest BCUT2D eigenvalue weighted by atomic mass is 32.2. The first kappa shape index (κ1) is 21.5. The number of anilines is 1. The van der Waals surface area contributed by atoms with Crippen molar-refractivity contribution in [3.8, 4) is 0 Å². The van der Waals surface area contributed by atoms with Crippen LogP contribution in [0.1, 0.15) is 40.5 Å². The van der Waals surface area contributed by atoms with Crippen LogP contribution < -0.4 is 5.32 Å². The van der Waals surface area contributed by atoms with E-state index in [1.165, 1.54) is 0 Å². The second kappa shape index (κ2) is 8.28. The lowest BCUT2D eigenvalue weighted by Gasteiger charge is -2.18. The van der Waals surface area contributed by atoms with E-state index in [-0.39, 0.29) is 30.0 Å². The predicted octanol–water partition coefficient (Wildman–Crippen LogP) is 2.55. The molecule has 3 rings (SSSR count). The summed E-state index contributed by atoms with van der Waals surface area (Å²) in [6.45, 7) is 8.78. The molecule has 158 valence electrons. The van der Waals surface area contributed by atoms with E-state index in [9.17, 15) is 13.2 Å². The van der Waals surface area contributed by atoms with Crippen LogP contribution in [-0.4, -0.2) is 54.1 Å². The number of hydrogen-bond donors (Lipinski definition) is 1. The van der Waals surface area contributed by atoms with Crippen molar-refractivity contribution in [2.24, 2.45) is 0 Å². The summed E-state index contributed by atoms with van der Waals surface area (Å²) in [5, 5.41) is 7.59. The third-order valence-corrected chi connectivity index (χ3v) is 7.50. The minimum Gasteiger partial charge on any atom is -0.325 e. The number of carbonyl (C=O) groups is 1. The lowest BCUT2D eigenvalue weighted by atomic mass is 10.1. The Labute approximate surface area is 173 Å². The lowest BCUT2D eigenvalue weighted by molar-refractivity contribution is -0.117. The van der Waals surface area contributed by atoms with E-state index in [1.807, 2.05) is 62.5 Å². The maximum Gasteiger partial charge on any atom is 0.238 e. The van der Waals surface area contributed by atoms with Crippen molar-refractivity contribution >= 4 is 21.4 Å². The smallest absolute Gasteiger partial charge is 0.238 e. The summed E-state index contributed by atoms with van der Waals surface area (Å²) in [5.74, 6) is 0.317. The van der Waals surface area contributed by atoms with E-state index in [0.29, 0.717) is 13.0 Å². The van der Waals surface area contributed by atoms with Crippen LogP contribution in [0.4, 0.5) is 5.69 Å². The molecule has 1 fully saturated rings. The van der Waals surface area contributed by atoms with Crippen LogP contribution in [-0.2, 0) is 21.2 Å². The van der Waals surface area contributed by atoms with Gasteiger partial charge < -0.3 is 5.32 Å². The Bertz CT molecular complexity index is 1030. The topological polar surface area (TPSA) is 84.3 Å². The third-order valence-electron chi connectivity index (χ3n) is 5.75. The van der Waals surface area contributed by atoms with Gasteiger partial charge in [-0.05, 0) is 58.4 Å². The van der Waals surface area contributed by atoms with Gasteiger partial charge in [-0.25, -0.2) is 8.42 Å². The van der Waals surface area contributed by atoms with Crippen LogP contribution in [0.15, 0.2) is 18.2 Å². The molecule has 2 aromatic rings. The van der Waals surface area contributed by atoms with Gasteiger partial charge in [0.05, 0.1) is 29.8 Å². The molecule has 1 atom stereocenters. The first-order valence-electron chi connectivity index (χ1n) is 9.87. The van der Waals surface area contributed by atoms with Crippen LogP contribution >= 0.6 is 0 Å². The first-order chi connectivity index (χ1) is 13.6. The van der Waals surface area contributed by atoms with Crippen LogP contribution in [0.3, 0.4) is 0 Å². The van der Waals surface area contributed by atoms with Crippen LogP contribution in [0, 0.1) is 27.7 Å². The van der Waals surface area contributed by atoms with Crippen LogP contribution in [0.25, 0.3) is 0 Å². The number of benzene rings is 1. The molecule has 1 N–H and O–H groups in total. The van der Waals surface area contributed by atoms with Crippen LogP contribution in [0.2, 0.25) is 0 Å². The standard InChI is InChI=1S/C21H30N4O3S/c1-14-7-6-8-20(15(14)2)22-21(26)12-24(5)11-19-16(3)23-25(17(19)4)18-9-10-29(27,28)13-18/h6-8,18H,9-13H2,1-5H3,(H,22,26)/t18-/m1/s1. The minimum atomic E-state index is -2.96. The summed E-state index contributed by atoms with van der Waals surface area (Å²) in [6, 6.07) is 5.78. The molecule has 0 spiro atoms. The summed E-state index contributed by atoms with van der Waals surface area (Å²) < 4.78 is 25.5. The average molecular weight is 419 g/mol. The van der Waals surface area contributed by atoms with Gasteiger partial charge in [0.2, 0.25) is 5.91 Å². The second-order valence-corrected chi connectivity index (χ2v) is 10.3. The van der Waals surface area contributed by atoms with Crippen molar-refractivity contribution in [2.75, 3.05) is 30.4 Å². The molecule has 1 aliphatic heterocycles. The Morgan fingerprint density at radius 3 is 2.66 bits per heavy atom. The van der Waals surface area contributed by atoms with Gasteiger partial charge in [0, 0.05) is 23.5 Å². The molecule has 0 radical (unpaired) electrons. The summed E-state index contributed by atoms with van der Waals surface area (Å²) in [5.41, 5.74) is 5.97. The summed E-state index contributed by atoms with van der Waals surface area (Å²) >= 11 is 0. The summed E-state index contributed by atoms with van der Waals surface area (Å²) in [6.07, 6.45) is 0.609. The van der Waals surface area contributed by atoms with Crippen molar-refractivity contribution in [3.63, 3.8) is 0 Å². The van der Waals surface area contributed by atoms with Crippen LogP contribution in [0.5, 0.6) is 0 Å². The summed E-state index contributed by atoms with van der Waals surface area (Å²) in [7, 11) is -1.06. The Balaban J connectivity index is 1.65. The molecule has 8 heteroatoms. The van der Waals surface area contributed by atoms with Crippen molar-refractivity contribution < 1.29 is 13.2 Å². The SMILES string of the molecule is Cc1cccc(NC(=O)CN(C)Cc2c(C)nn([C@@H]3CCS(=O)(=O)C3)c2C)c1C. The fourth-order valence-electron chi connectivity index (χ4n) is 3.90. The van der Waals surface area contributed by atoms with Crippen molar-refractivity contribution in [1.82, 2.24) is 14.7 Å². The quantitative estimate of drug-likeness (QED) is 0.779. The molecule has 1 aromatic heterocycles. The number of sulfone groups is 1. The molecule has 1 saturated heterocycles. The van der Waals surface area contributed by atoms with E-state index in [0.717, 1.165) is 33.8 Å². The molecule has 0 bridgehead atoms. The first-order valence-corrected chi connectivity index (χ1v) is 11.7. The predicted molar refractivity (Wildman–Crippen MR) is 115 cm³/mol. The number of nitrogens with zero attached hydrogens (tertiary/aromatic N) is 3. The van der Waals surface area contributed by atoms with Gasteiger partial charge in [0.25, 0.3) is 0 Å². The normalized spacial score (nSPS) is 18.3. The molecular weight excluding hydrogens is 388 g/mol. The van der Waals surface area contributed by atoms with Crippen molar-refractivity contribution in [2.45, 2.75) is 46.7 Å². The number of rotatable bonds is 6. The zero-order chi connectivity index (χ0) is 21.3. The van der Waals surface area contributed by atoms with E-state index in [2.05, 4.69) is 10.4 Å². The van der Waals surface area contributed by atoms with Gasteiger partial charge in [0.15, 0.2) is 9.84 Å². The Morgan fingerprint density at radius 1 is 1.28 bits per heavy atom. The Morgan fingerprint density at radius 2 is 2.00 bits per heavy atom. The van der Waals surface area contributed by atoms with Gasteiger partial charge in [-0.3, -0.25) is 14.4 Å². The monoisotopic (exact) mass is 418 g/mol. The maximum absolute atomic E-state index is 12.5. The van der Waals surface area contributed by atoms with Gasteiger partial charge in [-0.1, -0.05) is 12.1 Å². The molecule has 0 unspecified atom stereocenters. The van der Waals surface area contributed by atoms with Gasteiger partial charge >= 0.3 is 0 Å². The zero-order valence-corrected chi connectivity index (χ0v) is 18.6. The highest BCUT2D eigenvalue weighted by molar-refractivity contribution is 7.91. The number of likely N-dealkylation sites (N-methyl/N-ethyl adjacent to an activating group) is 1. The lowest BCUT2D eigenvalue weighted by Crippen LogP contribution is -2.30. The van der Waals surface area contributed by atoms with Crippen molar-refractivity contribution in [1.29, 1.82) is 0 Å².